The van der Waals surface area contributed by atoms with Crippen molar-refractivity contribution in [2.75, 3.05) is 12.5 Å². The molecule has 1 aromatic heterocycles. The monoisotopic (exact) mass is 354 g/mol. The molecule has 0 bridgehead atoms. The first kappa shape index (κ1) is 16.9. The number of hydrogen-bond donors (Lipinski definition) is 0. The Morgan fingerprint density at radius 2 is 1.58 bits per heavy atom. The highest BCUT2D eigenvalue weighted by Crippen LogP contribution is 2.28. The zero-order valence-electron chi connectivity index (χ0n) is 13.8. The normalized spacial score (nSPS) is 10.8. The van der Waals surface area contributed by atoms with E-state index in [2.05, 4.69) is 0 Å². The number of hydrogen-bond acceptors (Lipinski definition) is 4. The van der Waals surface area contributed by atoms with Crippen molar-refractivity contribution in [2.45, 2.75) is 16.8 Å². The van der Waals surface area contributed by atoms with Crippen LogP contribution in [0.4, 0.5) is 0 Å². The Kier molecular flexibility index (Phi) is 5.11. The molecule has 0 aliphatic heterocycles. The molecule has 3 nitrogen and oxygen atoms in total. The van der Waals surface area contributed by atoms with Crippen LogP contribution in [0.15, 0.2) is 69.3 Å². The smallest absolute Gasteiger partial charge is 0.268 e. The Bertz CT molecular complexity index is 903. The Balaban J connectivity index is 2.36. The van der Waals surface area contributed by atoms with Crippen LogP contribution in [0.2, 0.25) is 0 Å². The first-order chi connectivity index (χ1) is 11.7. The van der Waals surface area contributed by atoms with Gasteiger partial charge >= 0.3 is 0 Å². The Hall–Kier alpha value is -1.98. The minimum Gasteiger partial charge on any atom is -0.268 e. The van der Waals surface area contributed by atoms with E-state index >= 15 is 0 Å². The van der Waals surface area contributed by atoms with Crippen LogP contribution in [-0.2, 0) is 0 Å². The van der Waals surface area contributed by atoms with Gasteiger partial charge in [0.2, 0.25) is 0 Å². The molecule has 0 fully saturated rings. The number of benzene rings is 2. The maximum atomic E-state index is 13.1. The van der Waals surface area contributed by atoms with Crippen molar-refractivity contribution >= 4 is 23.5 Å². The molecule has 5 heteroatoms. The van der Waals surface area contributed by atoms with E-state index in [4.69, 9.17) is 4.98 Å². The summed E-state index contributed by atoms with van der Waals surface area (Å²) in [5.41, 5.74) is 2.90. The molecule has 0 aliphatic carbocycles. The van der Waals surface area contributed by atoms with Gasteiger partial charge in [0.25, 0.3) is 5.56 Å². The van der Waals surface area contributed by atoms with E-state index < -0.39 is 0 Å². The van der Waals surface area contributed by atoms with E-state index in [0.29, 0.717) is 10.7 Å². The highest BCUT2D eigenvalue weighted by atomic mass is 32.2. The fourth-order valence-electron chi connectivity index (χ4n) is 2.51. The Labute approximate surface area is 150 Å². The molecular weight excluding hydrogens is 336 g/mol. The number of nitrogens with zero attached hydrogens (tertiary/aromatic N) is 2. The van der Waals surface area contributed by atoms with Crippen molar-refractivity contribution < 1.29 is 0 Å². The quantitative estimate of drug-likeness (QED) is 0.504. The van der Waals surface area contributed by atoms with Crippen LogP contribution < -0.4 is 5.56 Å². The van der Waals surface area contributed by atoms with E-state index in [1.54, 1.807) is 4.57 Å². The average molecular weight is 355 g/mol. The standard InChI is InChI=1S/C19H18N2OS2/c1-13-9-11-15(12-10-13)21-17(14-7-5-4-6-8-14)20-18(24-3)16(23-2)19(21)22/h4-12H,1-3H3. The van der Waals surface area contributed by atoms with Gasteiger partial charge in [0.15, 0.2) is 0 Å². The summed E-state index contributed by atoms with van der Waals surface area (Å²) in [6.45, 7) is 2.03. The lowest BCUT2D eigenvalue weighted by atomic mass is 10.2. The molecule has 2 aromatic carbocycles. The molecule has 122 valence electrons. The predicted octanol–water partition coefficient (Wildman–Crippen LogP) is 4.65. The van der Waals surface area contributed by atoms with Crippen molar-refractivity contribution in [2.24, 2.45) is 0 Å². The van der Waals surface area contributed by atoms with Gasteiger partial charge in [-0.25, -0.2) is 4.98 Å². The molecule has 3 rings (SSSR count). The van der Waals surface area contributed by atoms with Crippen LogP contribution in [0.5, 0.6) is 0 Å². The van der Waals surface area contributed by atoms with Gasteiger partial charge in [0, 0.05) is 5.56 Å². The second-order valence-electron chi connectivity index (χ2n) is 5.32. The number of rotatable bonds is 4. The van der Waals surface area contributed by atoms with Gasteiger partial charge in [-0.05, 0) is 31.6 Å². The van der Waals surface area contributed by atoms with Crippen LogP contribution in [0.3, 0.4) is 0 Å². The first-order valence-electron chi connectivity index (χ1n) is 7.53. The van der Waals surface area contributed by atoms with Gasteiger partial charge in [0.1, 0.15) is 15.7 Å². The molecule has 0 spiro atoms. The van der Waals surface area contributed by atoms with Crippen molar-refractivity contribution in [3.8, 4) is 17.1 Å². The SMILES string of the molecule is CSc1nc(-c2ccccc2)n(-c2ccc(C)cc2)c(=O)c1SC. The van der Waals surface area contributed by atoms with E-state index in [-0.39, 0.29) is 5.56 Å². The Morgan fingerprint density at radius 3 is 2.17 bits per heavy atom. The van der Waals surface area contributed by atoms with Gasteiger partial charge in [0.05, 0.1) is 5.69 Å². The topological polar surface area (TPSA) is 34.9 Å². The van der Waals surface area contributed by atoms with Gasteiger partial charge in [-0.1, -0.05) is 48.0 Å². The zero-order valence-corrected chi connectivity index (χ0v) is 15.4. The molecule has 0 unspecified atom stereocenters. The number of aryl methyl sites for hydroxylation is 1. The summed E-state index contributed by atoms with van der Waals surface area (Å²) in [6, 6.07) is 17.8. The molecule has 0 saturated heterocycles. The first-order valence-corrected chi connectivity index (χ1v) is 9.98. The fourth-order valence-corrected chi connectivity index (χ4v) is 3.95. The average Bonchev–Trinajstić information content (AvgIpc) is 2.62. The summed E-state index contributed by atoms with van der Waals surface area (Å²) >= 11 is 2.95. The lowest BCUT2D eigenvalue weighted by Gasteiger charge is -2.16. The van der Waals surface area contributed by atoms with E-state index in [1.165, 1.54) is 23.5 Å². The Morgan fingerprint density at radius 1 is 0.917 bits per heavy atom. The molecule has 24 heavy (non-hydrogen) atoms. The molecule has 0 radical (unpaired) electrons. The van der Waals surface area contributed by atoms with Crippen LogP contribution >= 0.6 is 23.5 Å². The van der Waals surface area contributed by atoms with Gasteiger partial charge in [-0.2, -0.15) is 0 Å². The van der Waals surface area contributed by atoms with Crippen molar-refractivity contribution in [3.63, 3.8) is 0 Å². The summed E-state index contributed by atoms with van der Waals surface area (Å²) in [7, 11) is 0. The summed E-state index contributed by atoms with van der Waals surface area (Å²) < 4.78 is 1.71. The van der Waals surface area contributed by atoms with Gasteiger partial charge < -0.3 is 0 Å². The molecule has 1 heterocycles. The minimum absolute atomic E-state index is 0.0236. The molecular formula is C19H18N2OS2. The third-order valence-corrected chi connectivity index (χ3v) is 5.32. The summed E-state index contributed by atoms with van der Waals surface area (Å²) in [5, 5.41) is 0.773. The van der Waals surface area contributed by atoms with Crippen molar-refractivity contribution in [1.82, 2.24) is 9.55 Å². The van der Waals surface area contributed by atoms with Gasteiger partial charge in [-0.15, -0.1) is 23.5 Å². The summed E-state index contributed by atoms with van der Waals surface area (Å²) in [4.78, 5) is 18.6. The highest BCUT2D eigenvalue weighted by Gasteiger charge is 2.18. The number of aromatic nitrogens is 2. The lowest BCUT2D eigenvalue weighted by molar-refractivity contribution is 0.842. The minimum atomic E-state index is -0.0236. The zero-order chi connectivity index (χ0) is 17.1. The lowest BCUT2D eigenvalue weighted by Crippen LogP contribution is -2.24. The van der Waals surface area contributed by atoms with E-state index in [0.717, 1.165) is 21.8 Å². The predicted molar refractivity (Wildman–Crippen MR) is 104 cm³/mol. The maximum absolute atomic E-state index is 13.1. The van der Waals surface area contributed by atoms with Crippen LogP contribution in [-0.4, -0.2) is 22.1 Å². The largest absolute Gasteiger partial charge is 0.273 e. The van der Waals surface area contributed by atoms with Crippen LogP contribution in [0.25, 0.3) is 17.1 Å². The molecule has 0 aliphatic rings. The highest BCUT2D eigenvalue weighted by molar-refractivity contribution is 8.01. The third kappa shape index (κ3) is 3.14. The summed E-state index contributed by atoms with van der Waals surface area (Å²) in [5.74, 6) is 0.673. The molecule has 0 saturated carbocycles. The van der Waals surface area contributed by atoms with Crippen molar-refractivity contribution in [1.29, 1.82) is 0 Å². The van der Waals surface area contributed by atoms with E-state index in [1.807, 2.05) is 74.0 Å². The maximum Gasteiger partial charge on any atom is 0.273 e. The molecule has 0 N–H and O–H groups in total. The van der Waals surface area contributed by atoms with Crippen molar-refractivity contribution in [3.05, 3.63) is 70.5 Å². The second kappa shape index (κ2) is 7.28. The number of thioether (sulfide) groups is 2. The second-order valence-corrected chi connectivity index (χ2v) is 6.93. The van der Waals surface area contributed by atoms with Gasteiger partial charge in [-0.3, -0.25) is 9.36 Å². The fraction of sp³-hybridized carbons (Fsp3) is 0.158. The molecule has 0 amide bonds. The van der Waals surface area contributed by atoms with E-state index in [9.17, 15) is 4.79 Å². The van der Waals surface area contributed by atoms with Crippen LogP contribution in [0, 0.1) is 6.92 Å². The van der Waals surface area contributed by atoms with Crippen LogP contribution in [0.1, 0.15) is 5.56 Å². The third-order valence-electron chi connectivity index (χ3n) is 3.73. The summed E-state index contributed by atoms with van der Waals surface area (Å²) in [6.07, 6.45) is 3.87. The molecule has 3 aromatic rings. The molecule has 0 atom stereocenters.